The molecule has 0 radical (unpaired) electrons. The summed E-state index contributed by atoms with van der Waals surface area (Å²) in [7, 11) is 1.75. The zero-order valence-electron chi connectivity index (χ0n) is 9.26. The molecule has 0 spiro atoms. The van der Waals surface area contributed by atoms with E-state index in [1.807, 2.05) is 0 Å². The molecule has 0 amide bonds. The van der Waals surface area contributed by atoms with Crippen LogP contribution in [0.2, 0.25) is 0 Å². The van der Waals surface area contributed by atoms with Crippen LogP contribution in [0.5, 0.6) is 0 Å². The van der Waals surface area contributed by atoms with Crippen molar-refractivity contribution >= 4 is 0 Å². The van der Waals surface area contributed by atoms with Crippen molar-refractivity contribution in [3.8, 4) is 0 Å². The van der Waals surface area contributed by atoms with E-state index in [0.29, 0.717) is 6.10 Å². The second-order valence-electron chi connectivity index (χ2n) is 3.89. The molecular formula is C11H23NO2. The summed E-state index contributed by atoms with van der Waals surface area (Å²) < 4.78 is 10.6. The highest BCUT2D eigenvalue weighted by molar-refractivity contribution is 4.66. The molecule has 1 rings (SSSR count). The first-order valence-electron chi connectivity index (χ1n) is 5.74. The van der Waals surface area contributed by atoms with E-state index in [2.05, 4.69) is 5.32 Å². The first-order valence-corrected chi connectivity index (χ1v) is 5.74. The van der Waals surface area contributed by atoms with Gasteiger partial charge >= 0.3 is 0 Å². The van der Waals surface area contributed by atoms with Crippen molar-refractivity contribution in [1.82, 2.24) is 5.32 Å². The Labute approximate surface area is 87.2 Å². The van der Waals surface area contributed by atoms with Gasteiger partial charge in [0.25, 0.3) is 0 Å². The SMILES string of the molecule is COCCCCNCC1CCCCO1. The monoisotopic (exact) mass is 201 g/mol. The Morgan fingerprint density at radius 3 is 3.00 bits per heavy atom. The Morgan fingerprint density at radius 2 is 2.29 bits per heavy atom. The van der Waals surface area contributed by atoms with Gasteiger partial charge in [-0.15, -0.1) is 0 Å². The molecule has 0 aliphatic carbocycles. The molecule has 0 aromatic rings. The molecule has 3 nitrogen and oxygen atoms in total. The molecule has 3 heteroatoms. The third-order valence-electron chi connectivity index (χ3n) is 2.60. The molecule has 1 aliphatic rings. The van der Waals surface area contributed by atoms with E-state index in [-0.39, 0.29) is 0 Å². The van der Waals surface area contributed by atoms with Crippen molar-refractivity contribution in [1.29, 1.82) is 0 Å². The fourth-order valence-electron chi connectivity index (χ4n) is 1.73. The Hall–Kier alpha value is -0.120. The Kier molecular flexibility index (Phi) is 7.01. The molecule has 1 heterocycles. The lowest BCUT2D eigenvalue weighted by Crippen LogP contribution is -2.32. The van der Waals surface area contributed by atoms with Gasteiger partial charge in [0.1, 0.15) is 0 Å². The lowest BCUT2D eigenvalue weighted by Gasteiger charge is -2.22. The third-order valence-corrected chi connectivity index (χ3v) is 2.60. The highest BCUT2D eigenvalue weighted by Gasteiger charge is 2.12. The number of methoxy groups -OCH3 is 1. The van der Waals surface area contributed by atoms with Crippen LogP contribution in [0, 0.1) is 0 Å². The topological polar surface area (TPSA) is 30.5 Å². The molecule has 1 atom stereocenters. The number of hydrogen-bond acceptors (Lipinski definition) is 3. The summed E-state index contributed by atoms with van der Waals surface area (Å²) in [5.74, 6) is 0. The smallest absolute Gasteiger partial charge is 0.0699 e. The standard InChI is InChI=1S/C11H23NO2/c1-13-8-5-3-7-12-10-11-6-2-4-9-14-11/h11-12H,2-10H2,1H3. The number of rotatable bonds is 7. The normalized spacial score (nSPS) is 22.5. The van der Waals surface area contributed by atoms with Crippen molar-refractivity contribution < 1.29 is 9.47 Å². The molecule has 0 aromatic carbocycles. The molecule has 14 heavy (non-hydrogen) atoms. The van der Waals surface area contributed by atoms with Crippen molar-refractivity contribution in [2.24, 2.45) is 0 Å². The summed E-state index contributed by atoms with van der Waals surface area (Å²) in [5.41, 5.74) is 0. The molecular weight excluding hydrogens is 178 g/mol. The van der Waals surface area contributed by atoms with Crippen molar-refractivity contribution in [2.45, 2.75) is 38.2 Å². The largest absolute Gasteiger partial charge is 0.385 e. The van der Waals surface area contributed by atoms with Gasteiger partial charge in [-0.1, -0.05) is 0 Å². The van der Waals surface area contributed by atoms with E-state index >= 15 is 0 Å². The first-order chi connectivity index (χ1) is 6.93. The van der Waals surface area contributed by atoms with Gasteiger partial charge in [0.05, 0.1) is 6.10 Å². The number of nitrogens with one attached hydrogen (secondary N) is 1. The minimum Gasteiger partial charge on any atom is -0.385 e. The number of ether oxygens (including phenoxy) is 2. The highest BCUT2D eigenvalue weighted by Crippen LogP contribution is 2.11. The molecule has 0 aromatic heterocycles. The van der Waals surface area contributed by atoms with Gasteiger partial charge < -0.3 is 14.8 Å². The van der Waals surface area contributed by atoms with Crippen LogP contribution in [0.3, 0.4) is 0 Å². The molecule has 1 unspecified atom stereocenters. The average molecular weight is 201 g/mol. The number of unbranched alkanes of at least 4 members (excludes halogenated alkanes) is 1. The lowest BCUT2D eigenvalue weighted by atomic mass is 10.1. The maximum atomic E-state index is 5.62. The molecule has 1 saturated heterocycles. The van der Waals surface area contributed by atoms with Crippen LogP contribution >= 0.6 is 0 Å². The van der Waals surface area contributed by atoms with Gasteiger partial charge in [-0.3, -0.25) is 0 Å². The third kappa shape index (κ3) is 5.58. The van der Waals surface area contributed by atoms with E-state index in [1.165, 1.54) is 25.7 Å². The van der Waals surface area contributed by atoms with Crippen molar-refractivity contribution in [3.05, 3.63) is 0 Å². The van der Waals surface area contributed by atoms with Gasteiger partial charge in [-0.2, -0.15) is 0 Å². The second kappa shape index (κ2) is 8.21. The average Bonchev–Trinajstić information content (AvgIpc) is 2.25. The fraction of sp³-hybridized carbons (Fsp3) is 1.00. The summed E-state index contributed by atoms with van der Waals surface area (Å²) in [6, 6.07) is 0. The van der Waals surface area contributed by atoms with Crippen LogP contribution in [-0.4, -0.2) is 39.5 Å². The Balaban J connectivity index is 1.82. The lowest BCUT2D eigenvalue weighted by molar-refractivity contribution is 0.0170. The zero-order valence-corrected chi connectivity index (χ0v) is 9.26. The molecule has 0 saturated carbocycles. The summed E-state index contributed by atoms with van der Waals surface area (Å²) >= 11 is 0. The van der Waals surface area contributed by atoms with Crippen LogP contribution in [0.15, 0.2) is 0 Å². The molecule has 84 valence electrons. The zero-order chi connectivity index (χ0) is 10.1. The minimum absolute atomic E-state index is 0.464. The molecule has 0 bridgehead atoms. The van der Waals surface area contributed by atoms with Gasteiger partial charge in [0.2, 0.25) is 0 Å². The van der Waals surface area contributed by atoms with Gasteiger partial charge in [0, 0.05) is 26.9 Å². The summed E-state index contributed by atoms with van der Waals surface area (Å²) in [6.45, 7) is 3.94. The van der Waals surface area contributed by atoms with Crippen LogP contribution in [0.4, 0.5) is 0 Å². The minimum atomic E-state index is 0.464. The molecule has 1 fully saturated rings. The summed E-state index contributed by atoms with van der Waals surface area (Å²) in [6.07, 6.45) is 6.60. The van der Waals surface area contributed by atoms with Crippen LogP contribution < -0.4 is 5.32 Å². The Morgan fingerprint density at radius 1 is 1.36 bits per heavy atom. The molecule has 1 aliphatic heterocycles. The van der Waals surface area contributed by atoms with Gasteiger partial charge in [-0.05, 0) is 38.6 Å². The van der Waals surface area contributed by atoms with E-state index in [0.717, 1.165) is 32.7 Å². The quantitative estimate of drug-likeness (QED) is 0.634. The number of hydrogen-bond donors (Lipinski definition) is 1. The van der Waals surface area contributed by atoms with E-state index in [4.69, 9.17) is 9.47 Å². The van der Waals surface area contributed by atoms with E-state index in [9.17, 15) is 0 Å². The highest BCUT2D eigenvalue weighted by atomic mass is 16.5. The second-order valence-corrected chi connectivity index (χ2v) is 3.89. The van der Waals surface area contributed by atoms with Gasteiger partial charge in [0.15, 0.2) is 0 Å². The first kappa shape index (κ1) is 12.0. The maximum Gasteiger partial charge on any atom is 0.0699 e. The van der Waals surface area contributed by atoms with Crippen molar-refractivity contribution in [2.75, 3.05) is 33.4 Å². The molecule has 1 N–H and O–H groups in total. The van der Waals surface area contributed by atoms with Crippen LogP contribution in [0.25, 0.3) is 0 Å². The fourth-order valence-corrected chi connectivity index (χ4v) is 1.73. The Bertz CT molecular complexity index is 124. The maximum absolute atomic E-state index is 5.62. The van der Waals surface area contributed by atoms with E-state index in [1.54, 1.807) is 7.11 Å². The summed E-state index contributed by atoms with van der Waals surface area (Å²) in [4.78, 5) is 0. The predicted molar refractivity (Wildman–Crippen MR) is 57.6 cm³/mol. The van der Waals surface area contributed by atoms with Crippen molar-refractivity contribution in [3.63, 3.8) is 0 Å². The van der Waals surface area contributed by atoms with Crippen LogP contribution in [-0.2, 0) is 9.47 Å². The predicted octanol–water partition coefficient (Wildman–Crippen LogP) is 1.57. The van der Waals surface area contributed by atoms with Gasteiger partial charge in [-0.25, -0.2) is 0 Å². The van der Waals surface area contributed by atoms with Crippen LogP contribution in [0.1, 0.15) is 32.1 Å². The summed E-state index contributed by atoms with van der Waals surface area (Å²) in [5, 5.41) is 3.43. The van der Waals surface area contributed by atoms with E-state index < -0.39 is 0 Å².